The molecule has 10 heteroatoms. The van der Waals surface area contributed by atoms with E-state index in [0.29, 0.717) is 13.0 Å². The summed E-state index contributed by atoms with van der Waals surface area (Å²) in [6.07, 6.45) is 8.42. The van der Waals surface area contributed by atoms with Crippen molar-refractivity contribution in [2.75, 3.05) is 19.7 Å². The number of hydrogen-bond donors (Lipinski definition) is 3. The van der Waals surface area contributed by atoms with Crippen molar-refractivity contribution < 1.29 is 28.2 Å². The van der Waals surface area contributed by atoms with Gasteiger partial charge in [0, 0.05) is 18.8 Å². The molecule has 2 aliphatic rings. The van der Waals surface area contributed by atoms with Crippen molar-refractivity contribution in [2.24, 2.45) is 16.6 Å². The van der Waals surface area contributed by atoms with E-state index in [0.717, 1.165) is 43.9 Å². The SMILES string of the molecule is NC(/C=C\NCCO)=NC(=O)[C@H](CC1CCCC1)N1CC(Oc2c(F)cccc2F)=CC1=O. The summed E-state index contributed by atoms with van der Waals surface area (Å²) in [4.78, 5) is 30.9. The van der Waals surface area contributed by atoms with Crippen molar-refractivity contribution in [1.29, 1.82) is 0 Å². The number of carbonyl (C=O) groups is 2. The molecule has 0 unspecified atom stereocenters. The third-order valence-electron chi connectivity index (χ3n) is 5.61. The minimum atomic E-state index is -0.889. The molecule has 178 valence electrons. The summed E-state index contributed by atoms with van der Waals surface area (Å²) >= 11 is 0. The number of ether oxygens (including phenoxy) is 1. The molecular weight excluding hydrogens is 434 g/mol. The molecule has 1 aromatic rings. The monoisotopic (exact) mass is 462 g/mol. The lowest BCUT2D eigenvalue weighted by atomic mass is 9.97. The Morgan fingerprint density at radius 3 is 2.70 bits per heavy atom. The van der Waals surface area contributed by atoms with Crippen LogP contribution in [0.3, 0.4) is 0 Å². The quantitative estimate of drug-likeness (QED) is 0.278. The first-order valence-electron chi connectivity index (χ1n) is 10.9. The van der Waals surface area contributed by atoms with E-state index in [-0.39, 0.29) is 30.7 Å². The number of halogens is 2. The molecule has 0 radical (unpaired) electrons. The third-order valence-corrected chi connectivity index (χ3v) is 5.61. The van der Waals surface area contributed by atoms with E-state index in [1.165, 1.54) is 23.2 Å². The summed E-state index contributed by atoms with van der Waals surface area (Å²) < 4.78 is 33.2. The minimum Gasteiger partial charge on any atom is -0.453 e. The van der Waals surface area contributed by atoms with Crippen LogP contribution in [0.1, 0.15) is 32.1 Å². The van der Waals surface area contributed by atoms with Crippen LogP contribution in [0, 0.1) is 17.6 Å². The Bertz CT molecular complexity index is 938. The van der Waals surface area contributed by atoms with Gasteiger partial charge in [0.05, 0.1) is 13.2 Å². The maximum absolute atomic E-state index is 13.9. The van der Waals surface area contributed by atoms with Gasteiger partial charge in [-0.3, -0.25) is 9.59 Å². The van der Waals surface area contributed by atoms with Crippen LogP contribution in [0.5, 0.6) is 5.75 Å². The van der Waals surface area contributed by atoms with E-state index in [1.807, 2.05) is 0 Å². The van der Waals surface area contributed by atoms with Gasteiger partial charge in [0.25, 0.3) is 11.8 Å². The van der Waals surface area contributed by atoms with E-state index in [4.69, 9.17) is 15.6 Å². The number of aliphatic imine (C=N–C) groups is 1. The number of carbonyl (C=O) groups excluding carboxylic acids is 2. The summed E-state index contributed by atoms with van der Waals surface area (Å²) in [7, 11) is 0. The number of hydrogen-bond acceptors (Lipinski definition) is 5. The van der Waals surface area contributed by atoms with E-state index in [1.54, 1.807) is 0 Å². The van der Waals surface area contributed by atoms with E-state index < -0.39 is 35.2 Å². The number of nitrogens with two attached hydrogens (primary N) is 1. The van der Waals surface area contributed by atoms with Crippen LogP contribution in [-0.4, -0.2) is 53.4 Å². The lowest BCUT2D eigenvalue weighted by Crippen LogP contribution is -2.43. The van der Waals surface area contributed by atoms with Crippen LogP contribution in [0.4, 0.5) is 8.78 Å². The third kappa shape index (κ3) is 6.61. The highest BCUT2D eigenvalue weighted by atomic mass is 19.1. The highest BCUT2D eigenvalue weighted by Gasteiger charge is 2.36. The molecule has 33 heavy (non-hydrogen) atoms. The van der Waals surface area contributed by atoms with Gasteiger partial charge in [-0.15, -0.1) is 0 Å². The van der Waals surface area contributed by atoms with E-state index >= 15 is 0 Å². The first-order valence-corrected chi connectivity index (χ1v) is 10.9. The molecule has 1 heterocycles. The summed E-state index contributed by atoms with van der Waals surface area (Å²) in [5, 5.41) is 11.5. The molecule has 0 aromatic heterocycles. The number of benzene rings is 1. The van der Waals surface area contributed by atoms with Crippen molar-refractivity contribution in [1.82, 2.24) is 10.2 Å². The molecule has 2 amide bonds. The first-order chi connectivity index (χ1) is 15.9. The van der Waals surface area contributed by atoms with Gasteiger partial charge in [-0.2, -0.15) is 4.99 Å². The molecule has 1 aliphatic heterocycles. The number of rotatable bonds is 10. The van der Waals surface area contributed by atoms with Crippen LogP contribution in [-0.2, 0) is 9.59 Å². The van der Waals surface area contributed by atoms with Crippen LogP contribution < -0.4 is 15.8 Å². The lowest BCUT2D eigenvalue weighted by molar-refractivity contribution is -0.134. The van der Waals surface area contributed by atoms with Gasteiger partial charge < -0.3 is 25.8 Å². The molecule has 1 atom stereocenters. The van der Waals surface area contributed by atoms with E-state index in [9.17, 15) is 18.4 Å². The summed E-state index contributed by atoms with van der Waals surface area (Å²) in [5.74, 6) is -3.19. The number of aliphatic hydroxyl groups excluding tert-OH is 1. The van der Waals surface area contributed by atoms with Crippen molar-refractivity contribution in [3.63, 3.8) is 0 Å². The van der Waals surface area contributed by atoms with Crippen molar-refractivity contribution in [2.45, 2.75) is 38.1 Å². The standard InChI is InChI=1S/C23H28F2N4O4/c24-17-6-3-7-18(25)22(17)33-16-13-21(31)29(14-16)19(12-15-4-1-2-5-15)23(32)28-20(26)8-9-27-10-11-30/h3,6-9,13,15,19,27,30H,1-2,4-5,10-12,14H2,(H2,26,28,32)/b9-8-/t19-/m0/s1. The largest absolute Gasteiger partial charge is 0.453 e. The number of nitrogens with zero attached hydrogens (tertiary/aromatic N) is 2. The Kier molecular flexibility index (Phi) is 8.53. The van der Waals surface area contributed by atoms with Crippen LogP contribution in [0.2, 0.25) is 0 Å². The van der Waals surface area contributed by atoms with E-state index in [2.05, 4.69) is 10.3 Å². The molecule has 1 aromatic carbocycles. The number of aliphatic hydroxyl groups is 1. The Balaban J connectivity index is 1.74. The Morgan fingerprint density at radius 1 is 1.33 bits per heavy atom. The second-order valence-corrected chi connectivity index (χ2v) is 8.02. The van der Waals surface area contributed by atoms with Crippen LogP contribution >= 0.6 is 0 Å². The van der Waals surface area contributed by atoms with Gasteiger partial charge in [-0.05, 0) is 30.5 Å². The van der Waals surface area contributed by atoms with Gasteiger partial charge in [-0.25, -0.2) is 8.78 Å². The predicted molar refractivity (Wildman–Crippen MR) is 118 cm³/mol. The highest BCUT2D eigenvalue weighted by Crippen LogP contribution is 2.32. The second-order valence-electron chi connectivity index (χ2n) is 8.02. The number of para-hydroxylation sites is 1. The molecule has 3 rings (SSSR count). The number of amides is 2. The fourth-order valence-electron chi connectivity index (χ4n) is 4.00. The van der Waals surface area contributed by atoms with Crippen LogP contribution in [0.25, 0.3) is 0 Å². The molecule has 0 spiro atoms. The summed E-state index contributed by atoms with van der Waals surface area (Å²) in [5.41, 5.74) is 5.81. The maximum Gasteiger partial charge on any atom is 0.270 e. The molecule has 1 saturated carbocycles. The average Bonchev–Trinajstić information content (AvgIpc) is 3.41. The fourth-order valence-corrected chi connectivity index (χ4v) is 4.00. The van der Waals surface area contributed by atoms with Crippen LogP contribution in [0.15, 0.2) is 47.3 Å². The highest BCUT2D eigenvalue weighted by molar-refractivity contribution is 6.03. The van der Waals surface area contributed by atoms with Gasteiger partial charge in [0.2, 0.25) is 0 Å². The average molecular weight is 462 g/mol. The molecule has 1 aliphatic carbocycles. The zero-order chi connectivity index (χ0) is 23.8. The number of amidine groups is 1. The molecule has 8 nitrogen and oxygen atoms in total. The van der Waals surface area contributed by atoms with Gasteiger partial charge in [0.1, 0.15) is 17.6 Å². The predicted octanol–water partition coefficient (Wildman–Crippen LogP) is 2.00. The zero-order valence-electron chi connectivity index (χ0n) is 18.2. The van der Waals surface area contributed by atoms with Crippen molar-refractivity contribution in [3.05, 3.63) is 53.9 Å². The summed E-state index contributed by atoms with van der Waals surface area (Å²) in [6.45, 7) is 0.148. The zero-order valence-corrected chi connectivity index (χ0v) is 18.2. The van der Waals surface area contributed by atoms with Crippen molar-refractivity contribution in [3.8, 4) is 5.75 Å². The van der Waals surface area contributed by atoms with Crippen molar-refractivity contribution >= 4 is 17.6 Å². The first kappa shape index (κ1) is 24.4. The molecular formula is C23H28F2N4O4. The molecule has 4 N–H and O–H groups in total. The lowest BCUT2D eigenvalue weighted by Gasteiger charge is -2.27. The maximum atomic E-state index is 13.9. The molecule has 0 saturated heterocycles. The smallest absolute Gasteiger partial charge is 0.270 e. The fraction of sp³-hybridized carbons (Fsp3) is 0.435. The Hall–Kier alpha value is -3.27. The normalized spacial score (nSPS) is 18.2. The minimum absolute atomic E-state index is 0.0401. The number of nitrogens with one attached hydrogen (secondary N) is 1. The second kappa shape index (κ2) is 11.6. The molecule has 1 fully saturated rings. The summed E-state index contributed by atoms with van der Waals surface area (Å²) in [6, 6.07) is 2.45. The van der Waals surface area contributed by atoms with Gasteiger partial charge >= 0.3 is 0 Å². The molecule has 0 bridgehead atoms. The van der Waals surface area contributed by atoms with Gasteiger partial charge in [-0.1, -0.05) is 31.7 Å². The topological polar surface area (TPSA) is 117 Å². The Morgan fingerprint density at radius 2 is 2.03 bits per heavy atom. The Labute approximate surface area is 190 Å². The van der Waals surface area contributed by atoms with Gasteiger partial charge in [0.15, 0.2) is 17.4 Å².